The molecule has 0 N–H and O–H groups in total. The fourth-order valence-corrected chi connectivity index (χ4v) is 1.71. The van der Waals surface area contributed by atoms with Crippen molar-refractivity contribution in [2.75, 3.05) is 19.8 Å². The van der Waals surface area contributed by atoms with E-state index in [1.54, 1.807) is 6.08 Å². The van der Waals surface area contributed by atoms with Crippen LogP contribution in [0.5, 0.6) is 11.5 Å². The Morgan fingerprint density at radius 3 is 2.36 bits per heavy atom. The van der Waals surface area contributed by atoms with Crippen molar-refractivity contribution in [3.63, 3.8) is 0 Å². The van der Waals surface area contributed by atoms with Crippen molar-refractivity contribution in [2.24, 2.45) is 0 Å². The Morgan fingerprint density at radius 1 is 1.00 bits per heavy atom. The van der Waals surface area contributed by atoms with E-state index in [1.165, 1.54) is 6.08 Å². The Labute approximate surface area is 133 Å². The largest absolute Gasteiger partial charge is 0.493 e. The third kappa shape index (κ3) is 6.66. The van der Waals surface area contributed by atoms with Gasteiger partial charge in [-0.2, -0.15) is 0 Å². The second-order valence-corrected chi connectivity index (χ2v) is 4.90. The number of ether oxygens (including phenoxy) is 3. The summed E-state index contributed by atoms with van der Waals surface area (Å²) in [5, 5.41) is 0. The zero-order valence-electron chi connectivity index (χ0n) is 13.8. The molecule has 0 aliphatic rings. The lowest BCUT2D eigenvalue weighted by Crippen LogP contribution is -2.02. The van der Waals surface area contributed by atoms with E-state index in [-0.39, 0.29) is 5.97 Å². The summed E-state index contributed by atoms with van der Waals surface area (Å²) in [6, 6.07) is 5.63. The summed E-state index contributed by atoms with van der Waals surface area (Å²) < 4.78 is 16.4. The summed E-state index contributed by atoms with van der Waals surface area (Å²) in [5.41, 5.74) is 0.839. The summed E-state index contributed by atoms with van der Waals surface area (Å²) >= 11 is 0. The summed E-state index contributed by atoms with van der Waals surface area (Å²) in [4.78, 5) is 11.5. The van der Waals surface area contributed by atoms with Crippen molar-refractivity contribution >= 4 is 12.0 Å². The number of benzene rings is 1. The Morgan fingerprint density at radius 2 is 1.68 bits per heavy atom. The monoisotopic (exact) mass is 306 g/mol. The van der Waals surface area contributed by atoms with E-state index in [4.69, 9.17) is 14.2 Å². The van der Waals surface area contributed by atoms with E-state index >= 15 is 0 Å². The van der Waals surface area contributed by atoms with E-state index in [0.29, 0.717) is 19.8 Å². The smallest absolute Gasteiger partial charge is 0.330 e. The number of rotatable bonds is 10. The molecule has 0 spiro atoms. The van der Waals surface area contributed by atoms with Gasteiger partial charge in [-0.25, -0.2) is 4.79 Å². The van der Waals surface area contributed by atoms with Gasteiger partial charge in [0.15, 0.2) is 0 Å². The van der Waals surface area contributed by atoms with Crippen LogP contribution in [-0.4, -0.2) is 25.8 Å². The Balaban J connectivity index is 2.82. The maximum Gasteiger partial charge on any atom is 0.330 e. The van der Waals surface area contributed by atoms with Crippen LogP contribution in [0.3, 0.4) is 0 Å². The van der Waals surface area contributed by atoms with Gasteiger partial charge in [-0.05, 0) is 37.5 Å². The third-order valence-corrected chi connectivity index (χ3v) is 2.77. The van der Waals surface area contributed by atoms with Crippen LogP contribution >= 0.6 is 0 Å². The van der Waals surface area contributed by atoms with Gasteiger partial charge in [0.25, 0.3) is 0 Å². The molecule has 4 nitrogen and oxygen atoms in total. The molecule has 0 heterocycles. The highest BCUT2D eigenvalue weighted by molar-refractivity contribution is 5.87. The highest BCUT2D eigenvalue weighted by atomic mass is 16.5. The zero-order chi connectivity index (χ0) is 16.2. The third-order valence-electron chi connectivity index (χ3n) is 2.77. The van der Waals surface area contributed by atoms with Gasteiger partial charge in [0.2, 0.25) is 0 Å². The number of carbonyl (C=O) groups excluding carboxylic acids is 1. The fraction of sp³-hybridized carbons (Fsp3) is 0.500. The molecule has 0 saturated carbocycles. The van der Waals surface area contributed by atoms with Gasteiger partial charge in [-0.3, -0.25) is 0 Å². The quantitative estimate of drug-likeness (QED) is 0.479. The predicted octanol–water partition coefficient (Wildman–Crippen LogP) is 4.23. The average Bonchev–Trinajstić information content (AvgIpc) is 2.54. The number of esters is 1. The normalized spacial score (nSPS) is 10.7. The van der Waals surface area contributed by atoms with Crippen molar-refractivity contribution in [3.05, 3.63) is 29.8 Å². The molecule has 0 aromatic heterocycles. The first-order valence-electron chi connectivity index (χ1n) is 7.95. The maximum atomic E-state index is 11.5. The minimum absolute atomic E-state index is 0.338. The first-order valence-corrected chi connectivity index (χ1v) is 7.95. The van der Waals surface area contributed by atoms with Crippen LogP contribution in [0.1, 0.15) is 45.6 Å². The summed E-state index contributed by atoms with van der Waals surface area (Å²) in [6.07, 6.45) is 5.83. The molecule has 4 heteroatoms. The summed E-state index contributed by atoms with van der Waals surface area (Å²) in [5.74, 6) is 1.16. The van der Waals surface area contributed by atoms with Crippen molar-refractivity contribution < 1.29 is 19.0 Å². The molecule has 1 aromatic carbocycles. The number of hydrogen-bond acceptors (Lipinski definition) is 4. The highest BCUT2D eigenvalue weighted by Gasteiger charge is 2.05. The second-order valence-electron chi connectivity index (χ2n) is 4.90. The van der Waals surface area contributed by atoms with E-state index in [0.717, 1.165) is 36.3 Å². The molecule has 0 saturated heterocycles. The van der Waals surface area contributed by atoms with Crippen molar-refractivity contribution in [1.29, 1.82) is 0 Å². The molecule has 1 aromatic rings. The molecular weight excluding hydrogens is 280 g/mol. The lowest BCUT2D eigenvalue weighted by Gasteiger charge is -2.11. The molecule has 1 rings (SSSR count). The Bertz CT molecular complexity index is 480. The topological polar surface area (TPSA) is 44.8 Å². The lowest BCUT2D eigenvalue weighted by molar-refractivity contribution is -0.137. The van der Waals surface area contributed by atoms with E-state index < -0.39 is 0 Å². The Kier molecular flexibility index (Phi) is 8.80. The molecule has 0 amide bonds. The number of hydrogen-bond donors (Lipinski definition) is 0. The molecule has 0 aliphatic carbocycles. The lowest BCUT2D eigenvalue weighted by atomic mass is 10.1. The van der Waals surface area contributed by atoms with Gasteiger partial charge >= 0.3 is 5.97 Å². The highest BCUT2D eigenvalue weighted by Crippen LogP contribution is 2.26. The SMILES string of the molecule is CCCOC(=O)C=Cc1ccc(OCCC)cc1OCCC. The molecular formula is C18H26O4. The van der Waals surface area contributed by atoms with E-state index in [2.05, 4.69) is 13.8 Å². The average molecular weight is 306 g/mol. The van der Waals surface area contributed by atoms with Crippen LogP contribution in [-0.2, 0) is 9.53 Å². The molecule has 22 heavy (non-hydrogen) atoms. The first kappa shape index (κ1) is 18.1. The Hall–Kier alpha value is -1.97. The summed E-state index contributed by atoms with van der Waals surface area (Å²) in [6.45, 7) is 7.81. The van der Waals surface area contributed by atoms with Gasteiger partial charge in [0.05, 0.1) is 19.8 Å². The minimum Gasteiger partial charge on any atom is -0.493 e. The van der Waals surface area contributed by atoms with Gasteiger partial charge in [0.1, 0.15) is 11.5 Å². The number of carbonyl (C=O) groups is 1. The maximum absolute atomic E-state index is 11.5. The van der Waals surface area contributed by atoms with Gasteiger partial charge in [0, 0.05) is 17.7 Å². The van der Waals surface area contributed by atoms with Crippen LogP contribution in [0.4, 0.5) is 0 Å². The zero-order valence-corrected chi connectivity index (χ0v) is 13.8. The molecule has 0 fully saturated rings. The predicted molar refractivity (Wildman–Crippen MR) is 88.3 cm³/mol. The van der Waals surface area contributed by atoms with Crippen molar-refractivity contribution in [1.82, 2.24) is 0 Å². The fourth-order valence-electron chi connectivity index (χ4n) is 1.71. The van der Waals surface area contributed by atoms with Crippen LogP contribution in [0.15, 0.2) is 24.3 Å². The minimum atomic E-state index is -0.338. The van der Waals surface area contributed by atoms with E-state index in [9.17, 15) is 4.79 Å². The van der Waals surface area contributed by atoms with E-state index in [1.807, 2.05) is 25.1 Å². The van der Waals surface area contributed by atoms with Crippen LogP contribution < -0.4 is 9.47 Å². The molecule has 0 radical (unpaired) electrons. The van der Waals surface area contributed by atoms with Crippen molar-refractivity contribution in [2.45, 2.75) is 40.0 Å². The molecule has 0 unspecified atom stereocenters. The van der Waals surface area contributed by atoms with Gasteiger partial charge < -0.3 is 14.2 Å². The van der Waals surface area contributed by atoms with Crippen LogP contribution in [0.2, 0.25) is 0 Å². The van der Waals surface area contributed by atoms with Gasteiger partial charge in [-0.1, -0.05) is 20.8 Å². The molecule has 0 bridgehead atoms. The van der Waals surface area contributed by atoms with Crippen LogP contribution in [0.25, 0.3) is 6.08 Å². The standard InChI is InChI=1S/C18H26O4/c1-4-11-20-16-9-7-15(17(14-16)21-12-5-2)8-10-18(19)22-13-6-3/h7-10,14H,4-6,11-13H2,1-3H3. The van der Waals surface area contributed by atoms with Crippen LogP contribution in [0, 0.1) is 0 Å². The molecule has 0 aliphatic heterocycles. The molecule has 0 atom stereocenters. The molecule has 122 valence electrons. The summed E-state index contributed by atoms with van der Waals surface area (Å²) in [7, 11) is 0. The second kappa shape index (κ2) is 10.7. The van der Waals surface area contributed by atoms with Gasteiger partial charge in [-0.15, -0.1) is 0 Å². The van der Waals surface area contributed by atoms with Crippen molar-refractivity contribution in [3.8, 4) is 11.5 Å². The first-order chi connectivity index (χ1) is 10.7.